The number of hydrogen-bond donors (Lipinski definition) is 0. The lowest BCUT2D eigenvalue weighted by Crippen LogP contribution is -2.04. The quantitative estimate of drug-likeness (QED) is 0.148. The summed E-state index contributed by atoms with van der Waals surface area (Å²) in [6, 6.07) is 47.6. The van der Waals surface area contributed by atoms with Gasteiger partial charge in [-0.3, -0.25) is 0 Å². The third kappa shape index (κ3) is 7.18. The van der Waals surface area contributed by atoms with Gasteiger partial charge in [0.15, 0.2) is 17.5 Å². The molecule has 15 rings (SSSR count). The first-order valence-electron chi connectivity index (χ1n) is 27.6. The van der Waals surface area contributed by atoms with Gasteiger partial charge < -0.3 is 8.98 Å². The van der Waals surface area contributed by atoms with E-state index in [2.05, 4.69) is 92.7 Å². The largest absolute Gasteiger partial charge is 0.455 e. The van der Waals surface area contributed by atoms with E-state index >= 15 is 0 Å². The average Bonchev–Trinajstić information content (AvgIpc) is 3.34. The Kier molecular flexibility index (Phi) is 8.31. The van der Waals surface area contributed by atoms with Crippen molar-refractivity contribution >= 4 is 75.3 Å². The standard InChI is InChI=1S/C65H38N8OS/c1-5-22-56-49(14-1)50-15-2-6-23-57(50)73(56)58-24-7-3-17-54(58)65-71-63(70-64(72-65)44-30-42(45-33-66-37-67-34-45)29-43(31-44)46-35-68-38-69-36-46)41-13-9-12-39(28-41)48-19-11-21-53-55-32-40(26-27-60(55)75-62(48)53)47-18-10-20-52-51-16-4-8-25-59(51)74-61(47)52/h1-38H/i1D,2D,5D,14D,15D,22D,23D. The molecule has 0 bridgehead atoms. The zero-order valence-electron chi connectivity index (χ0n) is 46.3. The lowest BCUT2D eigenvalue weighted by atomic mass is 9.98. The van der Waals surface area contributed by atoms with E-state index in [0.29, 0.717) is 34.0 Å². The second kappa shape index (κ2) is 17.3. The van der Waals surface area contributed by atoms with Crippen LogP contribution in [0.15, 0.2) is 236 Å². The summed E-state index contributed by atoms with van der Waals surface area (Å²) in [6.45, 7) is 0. The van der Waals surface area contributed by atoms with Crippen molar-refractivity contribution in [1.82, 2.24) is 39.5 Å². The minimum Gasteiger partial charge on any atom is -0.455 e. The van der Waals surface area contributed by atoms with Crippen LogP contribution < -0.4 is 0 Å². The second-order valence-electron chi connectivity index (χ2n) is 18.1. The topological polar surface area (TPSA) is 108 Å². The fourth-order valence-corrected chi connectivity index (χ4v) is 11.5. The predicted octanol–water partition coefficient (Wildman–Crippen LogP) is 16.5. The molecule has 0 saturated carbocycles. The van der Waals surface area contributed by atoms with Crippen LogP contribution in [0.4, 0.5) is 0 Å². The van der Waals surface area contributed by atoms with Gasteiger partial charge in [0.25, 0.3) is 0 Å². The molecule has 10 heteroatoms. The Labute approximate surface area is 442 Å². The molecule has 9 aromatic carbocycles. The van der Waals surface area contributed by atoms with Gasteiger partial charge in [-0.2, -0.15) is 0 Å². The molecule has 0 spiro atoms. The molecule has 6 aromatic heterocycles. The Morgan fingerprint density at radius 1 is 0.400 bits per heavy atom. The third-order valence-corrected chi connectivity index (χ3v) is 14.9. The van der Waals surface area contributed by atoms with Gasteiger partial charge in [-0.15, -0.1) is 11.3 Å². The van der Waals surface area contributed by atoms with Gasteiger partial charge in [-0.1, -0.05) is 127 Å². The SMILES string of the molecule is [2H]c1cc([2H])c2c(c1[2H])c1c([2H])c([2H])c([2H])c([2H])c1n2-c1ccccc1-c1nc(-c2cc(-c3cncnc3)cc(-c3cncnc3)c2)nc(-c2cccc(-c3cccc4c3sc3ccc(-c5cccc6c5oc5ccccc56)cc34)c2)n1. The summed E-state index contributed by atoms with van der Waals surface area (Å²) in [7, 11) is 0. The smallest absolute Gasteiger partial charge is 0.166 e. The van der Waals surface area contributed by atoms with Gasteiger partial charge in [-0.25, -0.2) is 34.9 Å². The van der Waals surface area contributed by atoms with Crippen LogP contribution in [0.1, 0.15) is 9.60 Å². The van der Waals surface area contributed by atoms with Crippen molar-refractivity contribution in [3.63, 3.8) is 0 Å². The molecule has 0 aliphatic carbocycles. The molecule has 0 fully saturated rings. The molecule has 0 saturated heterocycles. The molecule has 6 heterocycles. The maximum absolute atomic E-state index is 9.31. The Hall–Kier alpha value is -10.0. The van der Waals surface area contributed by atoms with Crippen LogP contribution in [0.25, 0.3) is 148 Å². The van der Waals surface area contributed by atoms with E-state index in [1.807, 2.05) is 60.7 Å². The maximum atomic E-state index is 9.31. The highest BCUT2D eigenvalue weighted by molar-refractivity contribution is 7.26. The van der Waals surface area contributed by atoms with E-state index in [0.717, 1.165) is 86.6 Å². The molecule has 0 atom stereocenters. The Balaban J connectivity index is 0.937. The summed E-state index contributed by atoms with van der Waals surface area (Å²) in [5.41, 5.74) is 11.1. The van der Waals surface area contributed by atoms with Crippen molar-refractivity contribution in [3.05, 3.63) is 231 Å². The molecule has 0 aliphatic rings. The molecule has 0 N–H and O–H groups in total. The molecule has 0 aliphatic heterocycles. The van der Waals surface area contributed by atoms with E-state index in [-0.39, 0.29) is 57.8 Å². The van der Waals surface area contributed by atoms with Crippen LogP contribution in [0.5, 0.6) is 0 Å². The number of thiophene rings is 1. The maximum Gasteiger partial charge on any atom is 0.166 e. The fraction of sp³-hybridized carbons (Fsp3) is 0. The van der Waals surface area contributed by atoms with Crippen LogP contribution in [-0.4, -0.2) is 39.5 Å². The van der Waals surface area contributed by atoms with Crippen molar-refractivity contribution in [1.29, 1.82) is 0 Å². The molecular formula is C65H38N8OS. The van der Waals surface area contributed by atoms with Crippen LogP contribution in [-0.2, 0) is 0 Å². The zero-order chi connectivity index (χ0) is 55.5. The number of furan rings is 1. The monoisotopic (exact) mass is 985 g/mol. The van der Waals surface area contributed by atoms with E-state index in [1.54, 1.807) is 52.8 Å². The minimum atomic E-state index is -0.489. The highest BCUT2D eigenvalue weighted by Crippen LogP contribution is 2.44. The van der Waals surface area contributed by atoms with Crippen molar-refractivity contribution in [2.24, 2.45) is 0 Å². The number of aromatic nitrogens is 8. The van der Waals surface area contributed by atoms with Crippen LogP contribution in [0, 0.1) is 0 Å². The van der Waals surface area contributed by atoms with Crippen LogP contribution in [0.3, 0.4) is 0 Å². The molecular weight excluding hydrogens is 941 g/mol. The van der Waals surface area contributed by atoms with Gasteiger partial charge in [0.2, 0.25) is 0 Å². The normalized spacial score (nSPS) is 13.0. The summed E-state index contributed by atoms with van der Waals surface area (Å²) in [5, 5.41) is 4.51. The minimum absolute atomic E-state index is 0.0331. The summed E-state index contributed by atoms with van der Waals surface area (Å²) in [6.07, 6.45) is 9.87. The molecule has 15 aromatic rings. The van der Waals surface area contributed by atoms with Gasteiger partial charge in [0.05, 0.1) is 26.3 Å². The molecule has 75 heavy (non-hydrogen) atoms. The van der Waals surface area contributed by atoms with Gasteiger partial charge >= 0.3 is 0 Å². The lowest BCUT2D eigenvalue weighted by Gasteiger charge is -2.15. The molecule has 0 radical (unpaired) electrons. The van der Waals surface area contributed by atoms with E-state index in [9.17, 15) is 2.74 Å². The predicted molar refractivity (Wildman–Crippen MR) is 304 cm³/mol. The summed E-state index contributed by atoms with van der Waals surface area (Å²) < 4.78 is 73.2. The summed E-state index contributed by atoms with van der Waals surface area (Å²) in [5.74, 6) is 0.848. The number of benzene rings is 9. The summed E-state index contributed by atoms with van der Waals surface area (Å²) in [4.78, 5) is 33.1. The van der Waals surface area contributed by atoms with Gasteiger partial charge in [0, 0.05) is 99.9 Å². The molecule has 0 amide bonds. The van der Waals surface area contributed by atoms with Crippen molar-refractivity contribution in [2.75, 3.05) is 0 Å². The van der Waals surface area contributed by atoms with E-state index in [1.165, 1.54) is 18.7 Å². The highest BCUT2D eigenvalue weighted by Gasteiger charge is 2.21. The highest BCUT2D eigenvalue weighted by atomic mass is 32.1. The van der Waals surface area contributed by atoms with E-state index in [4.69, 9.17) is 26.2 Å². The van der Waals surface area contributed by atoms with Crippen LogP contribution in [0.2, 0.25) is 0 Å². The second-order valence-corrected chi connectivity index (χ2v) is 19.1. The van der Waals surface area contributed by atoms with Crippen molar-refractivity contribution < 1.29 is 14.0 Å². The van der Waals surface area contributed by atoms with Crippen LogP contribution >= 0.6 is 11.3 Å². The number of rotatable bonds is 8. The average molecular weight is 986 g/mol. The Bertz CT molecular complexity index is 5110. The number of fused-ring (bicyclic) bond motifs is 9. The first kappa shape index (κ1) is 36.0. The zero-order valence-corrected chi connectivity index (χ0v) is 40.1. The lowest BCUT2D eigenvalue weighted by molar-refractivity contribution is 0.670. The third-order valence-electron chi connectivity index (χ3n) is 13.7. The van der Waals surface area contributed by atoms with Gasteiger partial charge in [-0.05, 0) is 94.5 Å². The Morgan fingerprint density at radius 3 is 1.83 bits per heavy atom. The Morgan fingerprint density at radius 2 is 1.00 bits per heavy atom. The first-order valence-corrected chi connectivity index (χ1v) is 24.9. The first-order chi connectivity index (χ1) is 40.1. The van der Waals surface area contributed by atoms with Crippen molar-refractivity contribution in [3.8, 4) is 84.4 Å². The summed E-state index contributed by atoms with van der Waals surface area (Å²) >= 11 is 1.73. The van der Waals surface area contributed by atoms with E-state index < -0.39 is 12.1 Å². The fourth-order valence-electron chi connectivity index (χ4n) is 10.3. The molecule has 0 unspecified atom stereocenters. The van der Waals surface area contributed by atoms with Gasteiger partial charge in [0.1, 0.15) is 23.8 Å². The molecule has 350 valence electrons. The number of para-hydroxylation sites is 5. The number of hydrogen-bond acceptors (Lipinski definition) is 9. The van der Waals surface area contributed by atoms with Crippen molar-refractivity contribution in [2.45, 2.75) is 0 Å². The number of nitrogens with zero attached hydrogens (tertiary/aromatic N) is 8. The molecule has 9 nitrogen and oxygen atoms in total.